The molecule has 0 radical (unpaired) electrons. The Morgan fingerprint density at radius 1 is 0.844 bits per heavy atom. The quantitative estimate of drug-likeness (QED) is 0.112. The van der Waals surface area contributed by atoms with Crippen molar-refractivity contribution < 1.29 is 39.0 Å². The Hall–Kier alpha value is -2.91. The number of nitrogens with one attached hydrogen (secondary N) is 3. The lowest BCUT2D eigenvalue weighted by Crippen LogP contribution is -2.59. The number of aliphatic hydroxyl groups excluding tert-OH is 1. The predicted octanol–water partition coefficient (Wildman–Crippen LogP) is -4.26. The average molecular weight is 479 g/mol. The highest BCUT2D eigenvalue weighted by Gasteiger charge is 2.32. The lowest BCUT2D eigenvalue weighted by molar-refractivity contribution is -0.142. The van der Waals surface area contributed by atoms with Crippen LogP contribution in [0.3, 0.4) is 0 Å². The minimum Gasteiger partial charge on any atom is -0.480 e. The van der Waals surface area contributed by atoms with Crippen LogP contribution >= 0.6 is 11.8 Å². The van der Waals surface area contributed by atoms with E-state index in [0.717, 1.165) is 0 Å². The molecule has 0 aliphatic carbocycles. The molecule has 14 nitrogen and oxygen atoms in total. The van der Waals surface area contributed by atoms with Gasteiger partial charge in [-0.05, 0) is 25.4 Å². The molecule has 0 aliphatic rings. The molecular weight excluding hydrogens is 448 g/mol. The molecule has 0 saturated heterocycles. The fourth-order valence-electron chi connectivity index (χ4n) is 2.35. The van der Waals surface area contributed by atoms with Crippen LogP contribution in [0.2, 0.25) is 0 Å². The van der Waals surface area contributed by atoms with Crippen molar-refractivity contribution in [3.05, 3.63) is 0 Å². The molecule has 0 saturated carbocycles. The third-order valence-electron chi connectivity index (χ3n) is 4.12. The van der Waals surface area contributed by atoms with E-state index in [9.17, 15) is 39.0 Å². The van der Waals surface area contributed by atoms with Crippen LogP contribution in [-0.2, 0) is 28.8 Å². The summed E-state index contributed by atoms with van der Waals surface area (Å²) in [5.41, 5.74) is 15.7. The van der Waals surface area contributed by atoms with Gasteiger partial charge < -0.3 is 43.4 Å². The minimum atomic E-state index is -1.59. The van der Waals surface area contributed by atoms with Crippen LogP contribution in [0.15, 0.2) is 0 Å². The number of hydrogen-bond donors (Lipinski definition) is 8. The molecule has 0 aliphatic heterocycles. The normalized spacial score (nSPS) is 15.4. The molecule has 0 heterocycles. The summed E-state index contributed by atoms with van der Waals surface area (Å²) in [6.07, 6.45) is -0.808. The Kier molecular flexibility index (Phi) is 12.9. The zero-order valence-electron chi connectivity index (χ0n) is 17.7. The van der Waals surface area contributed by atoms with Gasteiger partial charge in [-0.1, -0.05) is 0 Å². The molecule has 0 rings (SSSR count). The molecule has 5 unspecified atom stereocenters. The van der Waals surface area contributed by atoms with E-state index in [2.05, 4.69) is 16.0 Å². The van der Waals surface area contributed by atoms with Gasteiger partial charge in [-0.15, -0.1) is 0 Å². The molecule has 0 aromatic heterocycles. The van der Waals surface area contributed by atoms with Crippen LogP contribution < -0.4 is 33.2 Å². The number of carbonyl (C=O) groups excluding carboxylic acids is 5. The third-order valence-corrected chi connectivity index (χ3v) is 4.77. The predicted molar refractivity (Wildman–Crippen MR) is 114 cm³/mol. The van der Waals surface area contributed by atoms with Crippen LogP contribution in [0.25, 0.3) is 0 Å². The molecule has 0 fully saturated rings. The van der Waals surface area contributed by atoms with Crippen molar-refractivity contribution in [1.82, 2.24) is 16.0 Å². The number of amides is 5. The lowest BCUT2D eigenvalue weighted by Gasteiger charge is -2.24. The SMILES string of the molecule is CSCCC(NC(=O)C(CC(N)=O)NC(=O)C(CC(N)=O)NC(=O)C(N)C(C)O)C(=O)O. The van der Waals surface area contributed by atoms with Crippen molar-refractivity contribution in [2.45, 2.75) is 56.5 Å². The molecule has 5 atom stereocenters. The Balaban J connectivity index is 5.51. The maximum atomic E-state index is 12.6. The summed E-state index contributed by atoms with van der Waals surface area (Å²) in [6.45, 7) is 1.23. The maximum Gasteiger partial charge on any atom is 0.326 e. The van der Waals surface area contributed by atoms with Gasteiger partial charge in [0.25, 0.3) is 0 Å². The first-order valence-corrected chi connectivity index (χ1v) is 10.8. The van der Waals surface area contributed by atoms with Gasteiger partial charge in [-0.3, -0.25) is 24.0 Å². The van der Waals surface area contributed by atoms with E-state index in [1.807, 2.05) is 0 Å². The summed E-state index contributed by atoms with van der Waals surface area (Å²) in [5.74, 6) is -5.91. The van der Waals surface area contributed by atoms with Crippen LogP contribution in [0.1, 0.15) is 26.2 Å². The van der Waals surface area contributed by atoms with Crippen molar-refractivity contribution in [2.75, 3.05) is 12.0 Å². The first kappa shape index (κ1) is 29.1. The molecule has 0 bridgehead atoms. The summed E-state index contributed by atoms with van der Waals surface area (Å²) in [5, 5.41) is 25.1. The monoisotopic (exact) mass is 478 g/mol. The van der Waals surface area contributed by atoms with Crippen LogP contribution in [-0.4, -0.2) is 88.0 Å². The molecule has 5 amide bonds. The molecule has 182 valence electrons. The molecule has 15 heteroatoms. The lowest BCUT2D eigenvalue weighted by atomic mass is 10.1. The Labute approximate surface area is 188 Å². The van der Waals surface area contributed by atoms with Gasteiger partial charge in [0, 0.05) is 0 Å². The minimum absolute atomic E-state index is 0.0804. The second-order valence-corrected chi connectivity index (χ2v) is 7.90. The number of thioether (sulfide) groups is 1. The van der Waals surface area contributed by atoms with Gasteiger partial charge in [0.1, 0.15) is 24.2 Å². The zero-order valence-corrected chi connectivity index (χ0v) is 18.5. The van der Waals surface area contributed by atoms with Crippen LogP contribution in [0.4, 0.5) is 0 Å². The molecule has 11 N–H and O–H groups in total. The van der Waals surface area contributed by atoms with Gasteiger partial charge in [-0.25, -0.2) is 4.79 Å². The number of hydrogen-bond acceptors (Lipinski definition) is 9. The summed E-state index contributed by atoms with van der Waals surface area (Å²) in [7, 11) is 0. The van der Waals surface area contributed by atoms with Gasteiger partial charge in [0.15, 0.2) is 0 Å². The Morgan fingerprint density at radius 2 is 1.25 bits per heavy atom. The smallest absolute Gasteiger partial charge is 0.326 e. The fourth-order valence-corrected chi connectivity index (χ4v) is 2.82. The number of nitrogens with two attached hydrogens (primary N) is 3. The van der Waals surface area contributed by atoms with Crippen molar-refractivity contribution in [3.63, 3.8) is 0 Å². The van der Waals surface area contributed by atoms with Crippen molar-refractivity contribution >= 4 is 47.3 Å². The van der Waals surface area contributed by atoms with E-state index in [-0.39, 0.29) is 6.42 Å². The Bertz CT molecular complexity index is 719. The fraction of sp³-hybridized carbons (Fsp3) is 0.647. The van der Waals surface area contributed by atoms with Gasteiger partial charge in [-0.2, -0.15) is 11.8 Å². The average Bonchev–Trinajstić information content (AvgIpc) is 2.67. The standard InChI is InChI=1S/C17H30N6O8S/c1-7(24)13(20)16(29)23-10(6-12(19)26)15(28)22-9(5-11(18)25)14(27)21-8(17(30)31)3-4-32-2/h7-10,13,24H,3-6,20H2,1-2H3,(H2,18,25)(H2,19,26)(H,21,27)(H,22,28)(H,23,29)(H,30,31). The van der Waals surface area contributed by atoms with Gasteiger partial charge in [0.05, 0.1) is 18.9 Å². The van der Waals surface area contributed by atoms with E-state index in [1.54, 1.807) is 6.26 Å². The summed E-state index contributed by atoms with van der Waals surface area (Å²) >= 11 is 1.35. The second-order valence-electron chi connectivity index (χ2n) is 6.91. The van der Waals surface area contributed by atoms with Gasteiger partial charge in [0.2, 0.25) is 29.5 Å². The highest BCUT2D eigenvalue weighted by Crippen LogP contribution is 2.04. The van der Waals surface area contributed by atoms with Crippen molar-refractivity contribution in [1.29, 1.82) is 0 Å². The van der Waals surface area contributed by atoms with E-state index in [1.165, 1.54) is 18.7 Å². The molecule has 0 aromatic rings. The number of carbonyl (C=O) groups is 6. The highest BCUT2D eigenvalue weighted by molar-refractivity contribution is 7.98. The number of aliphatic carboxylic acids is 1. The molecule has 32 heavy (non-hydrogen) atoms. The molecule has 0 spiro atoms. The van der Waals surface area contributed by atoms with Crippen molar-refractivity contribution in [3.8, 4) is 0 Å². The van der Waals surface area contributed by atoms with E-state index in [0.29, 0.717) is 5.75 Å². The number of primary amides is 2. The number of carboxylic acids is 1. The molecular formula is C17H30N6O8S. The Morgan fingerprint density at radius 3 is 1.59 bits per heavy atom. The largest absolute Gasteiger partial charge is 0.480 e. The third kappa shape index (κ3) is 10.9. The maximum absolute atomic E-state index is 12.6. The summed E-state index contributed by atoms with van der Waals surface area (Å²) < 4.78 is 0. The highest BCUT2D eigenvalue weighted by atomic mass is 32.2. The first-order valence-electron chi connectivity index (χ1n) is 9.43. The van der Waals surface area contributed by atoms with Crippen LogP contribution in [0.5, 0.6) is 0 Å². The van der Waals surface area contributed by atoms with E-state index in [4.69, 9.17) is 17.2 Å². The second kappa shape index (κ2) is 14.2. The summed E-state index contributed by atoms with van der Waals surface area (Å²) in [4.78, 5) is 71.2. The van der Waals surface area contributed by atoms with E-state index < -0.39 is 78.6 Å². The van der Waals surface area contributed by atoms with Crippen molar-refractivity contribution in [2.24, 2.45) is 17.2 Å². The van der Waals surface area contributed by atoms with E-state index >= 15 is 0 Å². The number of carboxylic acid groups (broad SMARTS) is 1. The summed E-state index contributed by atoms with van der Waals surface area (Å²) in [6, 6.07) is -5.88. The van der Waals surface area contributed by atoms with Gasteiger partial charge >= 0.3 is 5.97 Å². The number of rotatable bonds is 15. The topological polar surface area (TPSA) is 257 Å². The van der Waals surface area contributed by atoms with Crippen LogP contribution in [0, 0.1) is 0 Å². The molecule has 0 aromatic carbocycles. The first-order chi connectivity index (χ1) is 14.8. The number of aliphatic hydroxyl groups is 1. The zero-order chi connectivity index (χ0) is 25.0.